The van der Waals surface area contributed by atoms with Gasteiger partial charge < -0.3 is 19.7 Å². The fourth-order valence-corrected chi connectivity index (χ4v) is 2.85. The minimum atomic E-state index is -1.15. The monoisotopic (exact) mass is 285 g/mol. The Morgan fingerprint density at radius 1 is 1.25 bits per heavy atom. The van der Waals surface area contributed by atoms with Crippen molar-refractivity contribution in [3.63, 3.8) is 0 Å². The van der Waals surface area contributed by atoms with Gasteiger partial charge >= 0.3 is 5.97 Å². The van der Waals surface area contributed by atoms with Crippen molar-refractivity contribution in [1.29, 1.82) is 0 Å². The zero-order valence-electron chi connectivity index (χ0n) is 12.2. The van der Waals surface area contributed by atoms with E-state index in [-0.39, 0.29) is 6.61 Å². The second-order valence-corrected chi connectivity index (χ2v) is 5.81. The van der Waals surface area contributed by atoms with Crippen LogP contribution >= 0.6 is 0 Å². The molecule has 1 aliphatic rings. The Morgan fingerprint density at radius 3 is 2.60 bits per heavy atom. The van der Waals surface area contributed by atoms with E-state index in [4.69, 9.17) is 9.84 Å². The molecule has 1 N–H and O–H groups in total. The number of carbonyl (C=O) groups is 2. The molecule has 2 unspecified atom stereocenters. The van der Waals surface area contributed by atoms with Crippen LogP contribution in [-0.4, -0.2) is 30.3 Å². The van der Waals surface area contributed by atoms with Gasteiger partial charge in [0.25, 0.3) is 0 Å². The number of aliphatic hydroxyl groups excluding tert-OH is 1. The molecule has 1 fully saturated rings. The van der Waals surface area contributed by atoms with Crippen LogP contribution in [0.25, 0.3) is 0 Å². The second-order valence-electron chi connectivity index (χ2n) is 5.81. The third kappa shape index (κ3) is 4.47. The molecule has 5 nitrogen and oxygen atoms in total. The third-order valence-corrected chi connectivity index (χ3v) is 4.24. The highest BCUT2D eigenvalue weighted by atomic mass is 16.5. The molecule has 0 amide bonds. The Labute approximate surface area is 120 Å². The lowest BCUT2D eigenvalue weighted by molar-refractivity contribution is -0.316. The van der Waals surface area contributed by atoms with Gasteiger partial charge in [0, 0.05) is 18.5 Å². The van der Waals surface area contributed by atoms with Gasteiger partial charge in [0.05, 0.1) is 12.0 Å². The van der Waals surface area contributed by atoms with Crippen molar-refractivity contribution in [2.75, 3.05) is 13.2 Å². The number of carboxylic acids is 1. The molecule has 116 valence electrons. The fourth-order valence-electron chi connectivity index (χ4n) is 2.85. The molecule has 2 atom stereocenters. The predicted octanol–water partition coefficient (Wildman–Crippen LogP) is 1.03. The number of aliphatic hydroxyl groups is 1. The number of esters is 1. The molecule has 0 aliphatic heterocycles. The van der Waals surface area contributed by atoms with Crippen molar-refractivity contribution in [1.82, 2.24) is 0 Å². The van der Waals surface area contributed by atoms with Crippen LogP contribution in [-0.2, 0) is 14.3 Å². The van der Waals surface area contributed by atoms with Gasteiger partial charge in [-0.15, -0.1) is 0 Å². The lowest BCUT2D eigenvalue weighted by atomic mass is 9.67. The Bertz CT molecular complexity index is 328. The van der Waals surface area contributed by atoms with Crippen LogP contribution in [0, 0.1) is 11.3 Å². The summed E-state index contributed by atoms with van der Waals surface area (Å²) in [5.74, 6) is -2.29. The minimum absolute atomic E-state index is 0.186. The SMILES string of the molecule is CC1(C(=O)OCCCCCCO)CCCCC1C(=O)[O-]. The van der Waals surface area contributed by atoms with E-state index in [2.05, 4.69) is 0 Å². The molecule has 0 aromatic heterocycles. The summed E-state index contributed by atoms with van der Waals surface area (Å²) >= 11 is 0. The molecule has 0 radical (unpaired) electrons. The summed E-state index contributed by atoms with van der Waals surface area (Å²) in [6.07, 6.45) is 6.03. The zero-order chi connectivity index (χ0) is 15.0. The van der Waals surface area contributed by atoms with Crippen LogP contribution < -0.4 is 5.11 Å². The molecule has 0 heterocycles. The zero-order valence-corrected chi connectivity index (χ0v) is 12.2. The molecule has 1 rings (SSSR count). The molecule has 0 saturated heterocycles. The highest BCUT2D eigenvalue weighted by molar-refractivity contribution is 5.83. The van der Waals surface area contributed by atoms with E-state index in [9.17, 15) is 14.7 Å². The predicted molar refractivity (Wildman–Crippen MR) is 71.6 cm³/mol. The van der Waals surface area contributed by atoms with Crippen LogP contribution in [0.2, 0.25) is 0 Å². The fraction of sp³-hybridized carbons (Fsp3) is 0.867. The average molecular weight is 285 g/mol. The number of aliphatic carboxylic acids is 1. The van der Waals surface area contributed by atoms with Crippen LogP contribution in [0.1, 0.15) is 58.3 Å². The van der Waals surface area contributed by atoms with Gasteiger partial charge in [-0.2, -0.15) is 0 Å². The maximum absolute atomic E-state index is 12.2. The molecule has 5 heteroatoms. The van der Waals surface area contributed by atoms with Gasteiger partial charge in [0.15, 0.2) is 0 Å². The number of ether oxygens (including phenoxy) is 1. The quantitative estimate of drug-likeness (QED) is 0.531. The first-order valence-corrected chi connectivity index (χ1v) is 7.51. The van der Waals surface area contributed by atoms with Gasteiger partial charge in [-0.25, -0.2) is 0 Å². The number of hydrogen-bond donors (Lipinski definition) is 1. The van der Waals surface area contributed by atoms with Crippen LogP contribution in [0.3, 0.4) is 0 Å². The number of unbranched alkanes of at least 4 members (excludes halogenated alkanes) is 3. The van der Waals surface area contributed by atoms with Gasteiger partial charge in [-0.05, 0) is 39.0 Å². The molecule has 1 aliphatic carbocycles. The molecular formula is C15H25O5-. The normalized spacial score (nSPS) is 26.2. The van der Waals surface area contributed by atoms with Gasteiger partial charge in [-0.3, -0.25) is 4.79 Å². The van der Waals surface area contributed by atoms with E-state index in [0.29, 0.717) is 19.4 Å². The molecule has 0 bridgehead atoms. The Hall–Kier alpha value is -1.10. The van der Waals surface area contributed by atoms with E-state index < -0.39 is 23.3 Å². The van der Waals surface area contributed by atoms with Crippen molar-refractivity contribution in [3.8, 4) is 0 Å². The van der Waals surface area contributed by atoms with E-state index in [1.165, 1.54) is 0 Å². The van der Waals surface area contributed by atoms with Crippen molar-refractivity contribution in [2.24, 2.45) is 11.3 Å². The van der Waals surface area contributed by atoms with Crippen molar-refractivity contribution in [3.05, 3.63) is 0 Å². The average Bonchev–Trinajstić information content (AvgIpc) is 2.42. The minimum Gasteiger partial charge on any atom is -0.550 e. The lowest BCUT2D eigenvalue weighted by Gasteiger charge is -2.39. The van der Waals surface area contributed by atoms with Crippen LogP contribution in [0.4, 0.5) is 0 Å². The number of carboxylic acid groups (broad SMARTS) is 1. The Kier molecular flexibility index (Phi) is 6.99. The highest BCUT2D eigenvalue weighted by Crippen LogP contribution is 2.41. The van der Waals surface area contributed by atoms with Crippen molar-refractivity contribution in [2.45, 2.75) is 58.3 Å². The summed E-state index contributed by atoms with van der Waals surface area (Å²) in [6, 6.07) is 0. The van der Waals surface area contributed by atoms with E-state index in [1.807, 2.05) is 0 Å². The lowest BCUT2D eigenvalue weighted by Crippen LogP contribution is -2.48. The highest BCUT2D eigenvalue weighted by Gasteiger charge is 2.44. The summed E-state index contributed by atoms with van der Waals surface area (Å²) in [6.45, 7) is 2.19. The van der Waals surface area contributed by atoms with Crippen LogP contribution in [0.5, 0.6) is 0 Å². The standard InChI is InChI=1S/C15H26O5/c1-15(9-5-4-8-12(15)13(17)18)14(19)20-11-7-3-2-6-10-16/h12,16H,2-11H2,1H3,(H,17,18)/p-1. The van der Waals surface area contributed by atoms with E-state index >= 15 is 0 Å². The Balaban J connectivity index is 2.41. The first-order valence-electron chi connectivity index (χ1n) is 7.51. The topological polar surface area (TPSA) is 86.7 Å². The molecule has 0 aromatic carbocycles. The number of hydrogen-bond acceptors (Lipinski definition) is 5. The Morgan fingerprint density at radius 2 is 1.95 bits per heavy atom. The maximum atomic E-state index is 12.2. The van der Waals surface area contributed by atoms with Gasteiger partial charge in [-0.1, -0.05) is 19.3 Å². The molecule has 0 aromatic rings. The maximum Gasteiger partial charge on any atom is 0.312 e. The number of carbonyl (C=O) groups excluding carboxylic acids is 2. The largest absolute Gasteiger partial charge is 0.550 e. The first-order chi connectivity index (χ1) is 9.52. The van der Waals surface area contributed by atoms with Crippen LogP contribution in [0.15, 0.2) is 0 Å². The van der Waals surface area contributed by atoms with E-state index in [1.54, 1.807) is 6.92 Å². The first kappa shape index (κ1) is 17.0. The summed E-state index contributed by atoms with van der Waals surface area (Å²) in [5, 5.41) is 19.8. The number of rotatable bonds is 8. The molecule has 20 heavy (non-hydrogen) atoms. The summed E-state index contributed by atoms with van der Waals surface area (Å²) in [4.78, 5) is 23.4. The van der Waals surface area contributed by atoms with Gasteiger partial charge in [0.2, 0.25) is 0 Å². The molecule has 0 spiro atoms. The summed E-state index contributed by atoms with van der Waals surface area (Å²) in [5.41, 5.74) is -0.942. The summed E-state index contributed by atoms with van der Waals surface area (Å²) < 4.78 is 5.25. The second kappa shape index (κ2) is 8.25. The van der Waals surface area contributed by atoms with Crippen molar-refractivity contribution < 1.29 is 24.5 Å². The van der Waals surface area contributed by atoms with Gasteiger partial charge in [0.1, 0.15) is 0 Å². The van der Waals surface area contributed by atoms with E-state index in [0.717, 1.165) is 38.5 Å². The summed E-state index contributed by atoms with van der Waals surface area (Å²) in [7, 11) is 0. The molecular weight excluding hydrogens is 260 g/mol. The molecule has 1 saturated carbocycles. The smallest absolute Gasteiger partial charge is 0.312 e. The van der Waals surface area contributed by atoms with Crippen molar-refractivity contribution >= 4 is 11.9 Å². The third-order valence-electron chi connectivity index (χ3n) is 4.24.